The van der Waals surface area contributed by atoms with Gasteiger partial charge in [-0.25, -0.2) is 0 Å². The summed E-state index contributed by atoms with van der Waals surface area (Å²) in [5, 5.41) is 22.4. The average molecular weight is 322 g/mol. The molecule has 3 rings (SSSR count). The van der Waals surface area contributed by atoms with Gasteiger partial charge in [0.2, 0.25) is 5.75 Å². The van der Waals surface area contributed by atoms with E-state index in [1.165, 1.54) is 7.11 Å². The number of rotatable bonds is 4. The van der Waals surface area contributed by atoms with E-state index < -0.39 is 0 Å². The van der Waals surface area contributed by atoms with Crippen molar-refractivity contribution in [2.24, 2.45) is 5.16 Å². The highest BCUT2D eigenvalue weighted by Gasteiger charge is 2.16. The van der Waals surface area contributed by atoms with E-state index >= 15 is 0 Å². The fourth-order valence-corrected chi connectivity index (χ4v) is 2.42. The van der Waals surface area contributed by atoms with E-state index in [9.17, 15) is 5.21 Å². The Hall–Kier alpha value is -3.46. The minimum atomic E-state index is -0.161. The van der Waals surface area contributed by atoms with E-state index in [1.807, 2.05) is 36.4 Å². The Balaban J connectivity index is 2.33. The van der Waals surface area contributed by atoms with Crippen LogP contribution in [-0.4, -0.2) is 18.9 Å². The fraction of sp³-hybridized carbons (Fsp3) is 0.111. The molecule has 0 radical (unpaired) electrons. The van der Waals surface area contributed by atoms with Crippen molar-refractivity contribution < 1.29 is 19.1 Å². The molecule has 0 atom stereocenters. The van der Waals surface area contributed by atoms with Crippen LogP contribution in [0.4, 0.5) is 0 Å². The molecular weight excluding hydrogens is 308 g/mol. The Bertz CT molecular complexity index is 972. The summed E-state index contributed by atoms with van der Waals surface area (Å²) < 4.78 is 16.7. The van der Waals surface area contributed by atoms with Crippen molar-refractivity contribution in [2.75, 3.05) is 13.7 Å². The van der Waals surface area contributed by atoms with Gasteiger partial charge in [0.05, 0.1) is 12.5 Å². The molecule has 2 aromatic carbocycles. The SMILES string of the molecule is COc1ccc2/c(=N/O)cc(-c3ccccc3)oc2c1OCC#N. The lowest BCUT2D eigenvalue weighted by Gasteiger charge is -2.12. The van der Waals surface area contributed by atoms with Crippen molar-refractivity contribution in [3.63, 3.8) is 0 Å². The maximum absolute atomic E-state index is 9.36. The van der Waals surface area contributed by atoms with Crippen molar-refractivity contribution in [3.05, 3.63) is 53.9 Å². The van der Waals surface area contributed by atoms with E-state index in [0.29, 0.717) is 33.6 Å². The van der Waals surface area contributed by atoms with Crippen LogP contribution < -0.4 is 14.8 Å². The Morgan fingerprint density at radius 1 is 1.21 bits per heavy atom. The van der Waals surface area contributed by atoms with Gasteiger partial charge < -0.3 is 19.1 Å². The normalized spacial score (nSPS) is 11.2. The molecule has 0 unspecified atom stereocenters. The molecule has 0 aliphatic rings. The zero-order chi connectivity index (χ0) is 16.9. The molecule has 120 valence electrons. The van der Waals surface area contributed by atoms with Crippen LogP contribution >= 0.6 is 0 Å². The average Bonchev–Trinajstić information content (AvgIpc) is 2.65. The van der Waals surface area contributed by atoms with Crippen LogP contribution in [0.1, 0.15) is 0 Å². The van der Waals surface area contributed by atoms with Crippen LogP contribution in [0, 0.1) is 11.3 Å². The Morgan fingerprint density at radius 3 is 2.67 bits per heavy atom. The van der Waals surface area contributed by atoms with Crippen LogP contribution in [0.2, 0.25) is 0 Å². The summed E-state index contributed by atoms with van der Waals surface area (Å²) in [6.07, 6.45) is 0. The molecule has 0 saturated heterocycles. The Labute approximate surface area is 137 Å². The molecular formula is C18H14N2O4. The van der Waals surface area contributed by atoms with E-state index in [1.54, 1.807) is 18.2 Å². The molecule has 0 spiro atoms. The monoisotopic (exact) mass is 322 g/mol. The zero-order valence-corrected chi connectivity index (χ0v) is 12.9. The van der Waals surface area contributed by atoms with E-state index in [-0.39, 0.29) is 6.61 Å². The summed E-state index contributed by atoms with van der Waals surface area (Å²) in [6.45, 7) is -0.161. The van der Waals surface area contributed by atoms with E-state index in [4.69, 9.17) is 19.2 Å². The van der Waals surface area contributed by atoms with Crippen LogP contribution in [0.25, 0.3) is 22.3 Å². The second kappa shape index (κ2) is 6.75. The molecule has 0 aliphatic heterocycles. The van der Waals surface area contributed by atoms with Gasteiger partial charge in [-0.15, -0.1) is 0 Å². The van der Waals surface area contributed by atoms with E-state index in [0.717, 1.165) is 5.56 Å². The highest BCUT2D eigenvalue weighted by Crippen LogP contribution is 2.36. The van der Waals surface area contributed by atoms with Gasteiger partial charge in [0, 0.05) is 11.6 Å². The summed E-state index contributed by atoms with van der Waals surface area (Å²) in [5.41, 5.74) is 1.16. The first kappa shape index (κ1) is 15.4. The number of fused-ring (bicyclic) bond motifs is 1. The molecule has 1 heterocycles. The van der Waals surface area contributed by atoms with Crippen LogP contribution in [-0.2, 0) is 0 Å². The van der Waals surface area contributed by atoms with Gasteiger partial charge in [-0.2, -0.15) is 5.26 Å². The standard InChI is InChI=1S/C18H14N2O4/c1-22-15-8-7-13-14(20-21)11-16(12-5-3-2-4-6-12)24-17(13)18(15)23-10-9-19/h2-8,11,21H,10H2,1H3/b20-14+. The molecule has 0 aliphatic carbocycles. The maximum Gasteiger partial charge on any atom is 0.206 e. The highest BCUT2D eigenvalue weighted by molar-refractivity contribution is 5.86. The van der Waals surface area contributed by atoms with Gasteiger partial charge in [0.1, 0.15) is 17.2 Å². The number of hydrogen-bond donors (Lipinski definition) is 1. The quantitative estimate of drug-likeness (QED) is 0.588. The number of methoxy groups -OCH3 is 1. The lowest BCUT2D eigenvalue weighted by molar-refractivity contribution is 0.302. The third-order valence-corrected chi connectivity index (χ3v) is 3.50. The number of ether oxygens (including phenoxy) is 2. The van der Waals surface area contributed by atoms with Gasteiger partial charge in [-0.05, 0) is 12.1 Å². The van der Waals surface area contributed by atoms with Gasteiger partial charge in [0.15, 0.2) is 17.9 Å². The summed E-state index contributed by atoms with van der Waals surface area (Å²) >= 11 is 0. The first-order valence-corrected chi connectivity index (χ1v) is 7.16. The largest absolute Gasteiger partial charge is 0.493 e. The predicted octanol–water partition coefficient (Wildman–Crippen LogP) is 3.30. The second-order valence-electron chi connectivity index (χ2n) is 4.88. The van der Waals surface area contributed by atoms with Crippen LogP contribution in [0.5, 0.6) is 11.5 Å². The first-order chi connectivity index (χ1) is 11.8. The van der Waals surface area contributed by atoms with Gasteiger partial charge in [-0.3, -0.25) is 0 Å². The van der Waals surface area contributed by atoms with Crippen molar-refractivity contribution in [3.8, 4) is 28.9 Å². The van der Waals surface area contributed by atoms with Crippen molar-refractivity contribution in [1.82, 2.24) is 0 Å². The molecule has 24 heavy (non-hydrogen) atoms. The van der Waals surface area contributed by atoms with E-state index in [2.05, 4.69) is 5.16 Å². The number of hydrogen-bond acceptors (Lipinski definition) is 6. The molecule has 0 fully saturated rings. The molecule has 0 saturated carbocycles. The second-order valence-corrected chi connectivity index (χ2v) is 4.88. The topological polar surface area (TPSA) is 88.0 Å². The molecule has 0 amide bonds. The summed E-state index contributed by atoms with van der Waals surface area (Å²) in [5.74, 6) is 1.22. The molecule has 1 N–H and O–H groups in total. The van der Waals surface area contributed by atoms with Crippen LogP contribution in [0.15, 0.2) is 58.1 Å². The van der Waals surface area contributed by atoms with Gasteiger partial charge in [0.25, 0.3) is 0 Å². The minimum Gasteiger partial charge on any atom is -0.493 e. The lowest BCUT2D eigenvalue weighted by atomic mass is 10.1. The minimum absolute atomic E-state index is 0.161. The Kier molecular flexibility index (Phi) is 4.34. The summed E-state index contributed by atoms with van der Waals surface area (Å²) in [6, 6.07) is 16.3. The number of benzene rings is 2. The smallest absolute Gasteiger partial charge is 0.206 e. The van der Waals surface area contributed by atoms with Crippen molar-refractivity contribution >= 4 is 11.0 Å². The van der Waals surface area contributed by atoms with Gasteiger partial charge >= 0.3 is 0 Å². The van der Waals surface area contributed by atoms with Gasteiger partial charge in [-0.1, -0.05) is 35.5 Å². The molecule has 6 heteroatoms. The molecule has 0 bridgehead atoms. The number of nitriles is 1. The fourth-order valence-electron chi connectivity index (χ4n) is 2.42. The zero-order valence-electron chi connectivity index (χ0n) is 12.9. The summed E-state index contributed by atoms with van der Waals surface area (Å²) in [4.78, 5) is 0. The molecule has 3 aromatic rings. The van der Waals surface area contributed by atoms with Crippen molar-refractivity contribution in [1.29, 1.82) is 5.26 Å². The van der Waals surface area contributed by atoms with Crippen molar-refractivity contribution in [2.45, 2.75) is 0 Å². The summed E-state index contributed by atoms with van der Waals surface area (Å²) in [7, 11) is 1.50. The third-order valence-electron chi connectivity index (χ3n) is 3.50. The Morgan fingerprint density at radius 2 is 2.00 bits per heavy atom. The highest BCUT2D eigenvalue weighted by atomic mass is 16.5. The number of nitrogens with zero attached hydrogens (tertiary/aromatic N) is 2. The first-order valence-electron chi connectivity index (χ1n) is 7.16. The third kappa shape index (κ3) is 2.75. The van der Waals surface area contributed by atoms with Crippen LogP contribution in [0.3, 0.4) is 0 Å². The molecule has 6 nitrogen and oxygen atoms in total. The molecule has 1 aromatic heterocycles. The predicted molar refractivity (Wildman–Crippen MR) is 86.7 cm³/mol. The maximum atomic E-state index is 9.36. The lowest BCUT2D eigenvalue weighted by Crippen LogP contribution is -2.06.